The van der Waals surface area contributed by atoms with Crippen molar-refractivity contribution in [3.05, 3.63) is 53.6 Å². The molecule has 2 N–H and O–H groups in total. The third-order valence-electron chi connectivity index (χ3n) is 3.62. The molecule has 2 aromatic carbocycles. The van der Waals surface area contributed by atoms with Crippen LogP contribution in [0.4, 0.5) is 5.69 Å². The lowest BCUT2D eigenvalue weighted by atomic mass is 10.1. The topological polar surface area (TPSA) is 84.9 Å². The predicted octanol–water partition coefficient (Wildman–Crippen LogP) is 3.50. The second kappa shape index (κ2) is 8.73. The van der Waals surface area contributed by atoms with Crippen LogP contribution in [0, 0.1) is 6.92 Å². The Morgan fingerprint density at radius 3 is 2.56 bits per heavy atom. The minimum atomic E-state index is -1.08. The largest absolute Gasteiger partial charge is 0.496 e. The third kappa shape index (κ3) is 5.24. The molecule has 25 heavy (non-hydrogen) atoms. The third-order valence-corrected chi connectivity index (χ3v) is 3.62. The fourth-order valence-electron chi connectivity index (χ4n) is 2.30. The van der Waals surface area contributed by atoms with Crippen LogP contribution in [0.2, 0.25) is 0 Å². The number of carboxylic acid groups (broad SMARTS) is 1. The standard InChI is InChI=1S/C19H21NO5/c1-13-6-3-4-7-16(13)25-11-5-8-18(21)20-14-9-10-15(19(22)23)17(12-14)24-2/h3-4,6-7,9-10,12H,5,8,11H2,1-2H3,(H,20,21)(H,22,23). The highest BCUT2D eigenvalue weighted by Crippen LogP contribution is 2.23. The van der Waals surface area contributed by atoms with Gasteiger partial charge in [0.1, 0.15) is 17.1 Å². The lowest BCUT2D eigenvalue weighted by Crippen LogP contribution is -2.13. The van der Waals surface area contributed by atoms with Crippen LogP contribution in [0.25, 0.3) is 0 Å². The smallest absolute Gasteiger partial charge is 0.339 e. The Bertz CT molecular complexity index is 757. The number of carbonyl (C=O) groups excluding carboxylic acids is 1. The molecule has 0 saturated carbocycles. The summed E-state index contributed by atoms with van der Waals surface area (Å²) in [6.45, 7) is 2.41. The summed E-state index contributed by atoms with van der Waals surface area (Å²) in [6.07, 6.45) is 0.874. The minimum Gasteiger partial charge on any atom is -0.496 e. The van der Waals surface area contributed by atoms with E-state index in [-0.39, 0.29) is 17.2 Å². The summed E-state index contributed by atoms with van der Waals surface area (Å²) in [5.41, 5.74) is 1.59. The van der Waals surface area contributed by atoms with Crippen molar-refractivity contribution in [1.82, 2.24) is 0 Å². The Morgan fingerprint density at radius 1 is 1.12 bits per heavy atom. The van der Waals surface area contributed by atoms with Gasteiger partial charge in [-0.05, 0) is 37.1 Å². The van der Waals surface area contributed by atoms with Crippen LogP contribution in [0.5, 0.6) is 11.5 Å². The van der Waals surface area contributed by atoms with Crippen LogP contribution >= 0.6 is 0 Å². The van der Waals surface area contributed by atoms with Gasteiger partial charge in [-0.15, -0.1) is 0 Å². The number of ether oxygens (including phenoxy) is 2. The van der Waals surface area contributed by atoms with Crippen LogP contribution in [-0.4, -0.2) is 30.7 Å². The zero-order valence-corrected chi connectivity index (χ0v) is 14.2. The molecular formula is C19H21NO5. The Morgan fingerprint density at radius 2 is 1.88 bits per heavy atom. The Labute approximate surface area is 146 Å². The summed E-state index contributed by atoms with van der Waals surface area (Å²) in [5.74, 6) is -0.230. The van der Waals surface area contributed by atoms with Gasteiger partial charge in [0.25, 0.3) is 0 Å². The molecule has 0 spiro atoms. The van der Waals surface area contributed by atoms with Crippen molar-refractivity contribution < 1.29 is 24.2 Å². The molecule has 132 valence electrons. The van der Waals surface area contributed by atoms with E-state index in [9.17, 15) is 9.59 Å². The molecule has 0 aliphatic rings. The van der Waals surface area contributed by atoms with E-state index < -0.39 is 5.97 Å². The van der Waals surface area contributed by atoms with Gasteiger partial charge in [-0.3, -0.25) is 4.79 Å². The minimum absolute atomic E-state index is 0.0483. The van der Waals surface area contributed by atoms with Crippen molar-refractivity contribution in [1.29, 1.82) is 0 Å². The molecule has 2 rings (SSSR count). The van der Waals surface area contributed by atoms with Crippen molar-refractivity contribution >= 4 is 17.6 Å². The molecule has 0 fully saturated rings. The van der Waals surface area contributed by atoms with Crippen LogP contribution < -0.4 is 14.8 Å². The number of nitrogens with one attached hydrogen (secondary N) is 1. The monoisotopic (exact) mass is 343 g/mol. The quantitative estimate of drug-likeness (QED) is 0.717. The fourth-order valence-corrected chi connectivity index (χ4v) is 2.30. The molecule has 0 saturated heterocycles. The predicted molar refractivity (Wildman–Crippen MR) is 94.5 cm³/mol. The number of carbonyl (C=O) groups is 2. The van der Waals surface area contributed by atoms with E-state index in [4.69, 9.17) is 14.6 Å². The molecule has 0 bridgehead atoms. The van der Waals surface area contributed by atoms with E-state index in [1.807, 2.05) is 31.2 Å². The van der Waals surface area contributed by atoms with Gasteiger partial charge in [-0.25, -0.2) is 4.79 Å². The highest BCUT2D eigenvalue weighted by molar-refractivity contribution is 5.94. The first-order valence-electron chi connectivity index (χ1n) is 7.91. The number of carboxylic acids is 1. The number of benzene rings is 2. The fraction of sp³-hybridized carbons (Fsp3) is 0.263. The second-order valence-corrected chi connectivity index (χ2v) is 5.49. The lowest BCUT2D eigenvalue weighted by Gasteiger charge is -2.10. The Kier molecular flexibility index (Phi) is 6.39. The molecular weight excluding hydrogens is 322 g/mol. The number of methoxy groups -OCH3 is 1. The summed E-state index contributed by atoms with van der Waals surface area (Å²) in [5, 5.41) is 11.8. The first-order valence-corrected chi connectivity index (χ1v) is 7.91. The van der Waals surface area contributed by atoms with Crippen LogP contribution in [0.15, 0.2) is 42.5 Å². The first kappa shape index (κ1) is 18.3. The van der Waals surface area contributed by atoms with E-state index in [1.54, 1.807) is 0 Å². The first-order chi connectivity index (χ1) is 12.0. The molecule has 6 heteroatoms. The zero-order chi connectivity index (χ0) is 18.2. The number of hydrogen-bond acceptors (Lipinski definition) is 4. The Balaban J connectivity index is 1.82. The summed E-state index contributed by atoms with van der Waals surface area (Å²) < 4.78 is 10.7. The number of hydrogen-bond donors (Lipinski definition) is 2. The van der Waals surface area contributed by atoms with Crippen molar-refractivity contribution in [3.8, 4) is 11.5 Å². The molecule has 6 nitrogen and oxygen atoms in total. The van der Waals surface area contributed by atoms with Gasteiger partial charge in [0.15, 0.2) is 0 Å². The van der Waals surface area contributed by atoms with E-state index in [0.717, 1.165) is 11.3 Å². The van der Waals surface area contributed by atoms with Gasteiger partial charge >= 0.3 is 5.97 Å². The van der Waals surface area contributed by atoms with Gasteiger partial charge < -0.3 is 19.9 Å². The highest BCUT2D eigenvalue weighted by atomic mass is 16.5. The molecule has 0 atom stereocenters. The van der Waals surface area contributed by atoms with Gasteiger partial charge in [-0.2, -0.15) is 0 Å². The molecule has 0 radical (unpaired) electrons. The maximum Gasteiger partial charge on any atom is 0.339 e. The number of aryl methyl sites for hydroxylation is 1. The summed E-state index contributed by atoms with van der Waals surface area (Å²) >= 11 is 0. The molecule has 1 amide bonds. The lowest BCUT2D eigenvalue weighted by molar-refractivity contribution is -0.116. The second-order valence-electron chi connectivity index (χ2n) is 5.49. The molecule has 0 heterocycles. The van der Waals surface area contributed by atoms with Gasteiger partial charge in [0, 0.05) is 18.2 Å². The molecule has 0 aliphatic heterocycles. The number of anilines is 1. The summed E-state index contributed by atoms with van der Waals surface area (Å²) in [6, 6.07) is 12.1. The number of amides is 1. The van der Waals surface area contributed by atoms with E-state index in [0.29, 0.717) is 25.1 Å². The van der Waals surface area contributed by atoms with Crippen LogP contribution in [0.3, 0.4) is 0 Å². The van der Waals surface area contributed by atoms with Gasteiger partial charge in [-0.1, -0.05) is 18.2 Å². The normalized spacial score (nSPS) is 10.2. The maximum atomic E-state index is 12.0. The van der Waals surface area contributed by atoms with Crippen molar-refractivity contribution in [2.24, 2.45) is 0 Å². The molecule has 0 unspecified atom stereocenters. The average Bonchev–Trinajstić information content (AvgIpc) is 2.59. The Hall–Kier alpha value is -3.02. The van der Waals surface area contributed by atoms with Crippen LogP contribution in [-0.2, 0) is 4.79 Å². The molecule has 0 aromatic heterocycles. The van der Waals surface area contributed by atoms with E-state index >= 15 is 0 Å². The van der Waals surface area contributed by atoms with E-state index in [1.165, 1.54) is 25.3 Å². The summed E-state index contributed by atoms with van der Waals surface area (Å²) in [4.78, 5) is 23.0. The van der Waals surface area contributed by atoms with Gasteiger partial charge in [0.05, 0.1) is 13.7 Å². The number of para-hydroxylation sites is 1. The molecule has 0 aliphatic carbocycles. The average molecular weight is 343 g/mol. The van der Waals surface area contributed by atoms with E-state index in [2.05, 4.69) is 5.32 Å². The van der Waals surface area contributed by atoms with Crippen LogP contribution in [0.1, 0.15) is 28.8 Å². The van der Waals surface area contributed by atoms with Crippen molar-refractivity contribution in [2.45, 2.75) is 19.8 Å². The SMILES string of the molecule is COc1cc(NC(=O)CCCOc2ccccc2C)ccc1C(=O)O. The van der Waals surface area contributed by atoms with Crippen molar-refractivity contribution in [3.63, 3.8) is 0 Å². The number of aromatic carboxylic acids is 1. The highest BCUT2D eigenvalue weighted by Gasteiger charge is 2.12. The van der Waals surface area contributed by atoms with Crippen molar-refractivity contribution in [2.75, 3.05) is 19.0 Å². The number of rotatable bonds is 8. The molecule has 2 aromatic rings. The van der Waals surface area contributed by atoms with Gasteiger partial charge in [0.2, 0.25) is 5.91 Å². The zero-order valence-electron chi connectivity index (χ0n) is 14.2. The summed E-state index contributed by atoms with van der Waals surface area (Å²) in [7, 11) is 1.39. The maximum absolute atomic E-state index is 12.0.